The van der Waals surface area contributed by atoms with Crippen LogP contribution in [0.1, 0.15) is 28.9 Å². The predicted molar refractivity (Wildman–Crippen MR) is 73.7 cm³/mol. The number of nitrogens with one attached hydrogen (secondary N) is 1. The lowest BCUT2D eigenvalue weighted by Crippen LogP contribution is -2.26. The number of carbonyl (C=O) groups excluding carboxylic acids is 1. The number of benzene rings is 2. The van der Waals surface area contributed by atoms with Crippen LogP contribution in [-0.4, -0.2) is 5.91 Å². The molecule has 0 aliphatic heterocycles. The second kappa shape index (κ2) is 5.85. The molecular formula is C15H13ClFNO. The van der Waals surface area contributed by atoms with Gasteiger partial charge in [-0.2, -0.15) is 0 Å². The van der Waals surface area contributed by atoms with Crippen molar-refractivity contribution in [1.82, 2.24) is 5.32 Å². The van der Waals surface area contributed by atoms with Crippen LogP contribution in [0.4, 0.5) is 4.39 Å². The van der Waals surface area contributed by atoms with Crippen LogP contribution in [0.25, 0.3) is 0 Å². The Balaban J connectivity index is 2.06. The number of carbonyl (C=O) groups is 1. The van der Waals surface area contributed by atoms with Gasteiger partial charge in [-0.1, -0.05) is 23.7 Å². The topological polar surface area (TPSA) is 29.1 Å². The first kappa shape index (κ1) is 13.6. The average molecular weight is 278 g/mol. The van der Waals surface area contributed by atoms with E-state index in [9.17, 15) is 9.18 Å². The van der Waals surface area contributed by atoms with Crippen molar-refractivity contribution in [2.75, 3.05) is 0 Å². The maximum absolute atomic E-state index is 12.8. The molecule has 4 heteroatoms. The monoisotopic (exact) mass is 277 g/mol. The second-order valence-corrected chi connectivity index (χ2v) is 4.69. The molecule has 0 aromatic heterocycles. The van der Waals surface area contributed by atoms with Gasteiger partial charge in [0, 0.05) is 10.6 Å². The maximum Gasteiger partial charge on any atom is 0.251 e. The lowest BCUT2D eigenvalue weighted by molar-refractivity contribution is 0.0940. The summed E-state index contributed by atoms with van der Waals surface area (Å²) < 4.78 is 12.8. The Labute approximate surface area is 116 Å². The second-order valence-electron chi connectivity index (χ2n) is 4.25. The molecule has 2 aromatic rings. The highest BCUT2D eigenvalue weighted by Gasteiger charge is 2.11. The molecule has 2 rings (SSSR count). The summed E-state index contributed by atoms with van der Waals surface area (Å²) in [6.07, 6.45) is 0. The largest absolute Gasteiger partial charge is 0.346 e. The fourth-order valence-corrected chi connectivity index (χ4v) is 1.84. The highest BCUT2D eigenvalue weighted by Crippen LogP contribution is 2.15. The van der Waals surface area contributed by atoms with E-state index in [0.29, 0.717) is 10.6 Å². The molecular weight excluding hydrogens is 265 g/mol. The van der Waals surface area contributed by atoms with Crippen molar-refractivity contribution < 1.29 is 9.18 Å². The number of halogens is 2. The van der Waals surface area contributed by atoms with Gasteiger partial charge in [0.25, 0.3) is 5.91 Å². The van der Waals surface area contributed by atoms with Crippen molar-refractivity contribution >= 4 is 17.5 Å². The molecule has 0 fully saturated rings. The highest BCUT2D eigenvalue weighted by molar-refractivity contribution is 6.30. The van der Waals surface area contributed by atoms with Gasteiger partial charge in [0.05, 0.1) is 6.04 Å². The SMILES string of the molecule is CC(NC(=O)c1ccc(Cl)cc1)c1ccc(F)cc1. The smallest absolute Gasteiger partial charge is 0.251 e. The van der Waals surface area contributed by atoms with Crippen LogP contribution in [0.5, 0.6) is 0 Å². The summed E-state index contributed by atoms with van der Waals surface area (Å²) in [7, 11) is 0. The first-order chi connectivity index (χ1) is 9.06. The number of rotatable bonds is 3. The van der Waals surface area contributed by atoms with Crippen molar-refractivity contribution in [2.45, 2.75) is 13.0 Å². The number of hydrogen-bond acceptors (Lipinski definition) is 1. The van der Waals surface area contributed by atoms with Gasteiger partial charge >= 0.3 is 0 Å². The van der Waals surface area contributed by atoms with Crippen LogP contribution in [0, 0.1) is 5.82 Å². The van der Waals surface area contributed by atoms with Gasteiger partial charge in [-0.05, 0) is 48.9 Å². The molecule has 1 amide bonds. The third kappa shape index (κ3) is 3.55. The Kier molecular flexibility index (Phi) is 4.17. The van der Waals surface area contributed by atoms with Crippen molar-refractivity contribution in [3.8, 4) is 0 Å². The van der Waals surface area contributed by atoms with E-state index in [1.165, 1.54) is 12.1 Å². The normalized spacial score (nSPS) is 11.9. The quantitative estimate of drug-likeness (QED) is 0.904. The number of amides is 1. The third-order valence-electron chi connectivity index (χ3n) is 2.82. The van der Waals surface area contributed by atoms with E-state index >= 15 is 0 Å². The molecule has 0 aliphatic carbocycles. The van der Waals surface area contributed by atoms with E-state index in [4.69, 9.17) is 11.6 Å². The van der Waals surface area contributed by atoms with E-state index in [2.05, 4.69) is 5.32 Å². The molecule has 1 N–H and O–H groups in total. The lowest BCUT2D eigenvalue weighted by Gasteiger charge is -2.14. The first-order valence-electron chi connectivity index (χ1n) is 5.88. The first-order valence-corrected chi connectivity index (χ1v) is 6.26. The van der Waals surface area contributed by atoms with Crippen molar-refractivity contribution in [1.29, 1.82) is 0 Å². The Bertz CT molecular complexity index is 566. The Morgan fingerprint density at radius 1 is 1.11 bits per heavy atom. The average Bonchev–Trinajstić information content (AvgIpc) is 2.40. The van der Waals surface area contributed by atoms with Gasteiger partial charge in [0.1, 0.15) is 5.82 Å². The minimum Gasteiger partial charge on any atom is -0.346 e. The summed E-state index contributed by atoms with van der Waals surface area (Å²) in [5, 5.41) is 3.43. The molecule has 0 spiro atoms. The van der Waals surface area contributed by atoms with Gasteiger partial charge in [0.2, 0.25) is 0 Å². The summed E-state index contributed by atoms with van der Waals surface area (Å²) in [5.74, 6) is -0.478. The summed E-state index contributed by atoms with van der Waals surface area (Å²) in [5.41, 5.74) is 1.39. The summed E-state index contributed by atoms with van der Waals surface area (Å²) in [6, 6.07) is 12.5. The molecule has 0 saturated heterocycles. The molecule has 2 aromatic carbocycles. The van der Waals surface area contributed by atoms with Crippen molar-refractivity contribution in [2.24, 2.45) is 0 Å². The van der Waals surface area contributed by atoms with Crippen LogP contribution >= 0.6 is 11.6 Å². The summed E-state index contributed by atoms with van der Waals surface area (Å²) >= 11 is 5.77. The summed E-state index contributed by atoms with van der Waals surface area (Å²) in [6.45, 7) is 1.85. The molecule has 1 atom stereocenters. The molecule has 0 heterocycles. The molecule has 19 heavy (non-hydrogen) atoms. The zero-order valence-corrected chi connectivity index (χ0v) is 11.1. The van der Waals surface area contributed by atoms with Crippen LogP contribution in [0.15, 0.2) is 48.5 Å². The van der Waals surface area contributed by atoms with Crippen molar-refractivity contribution in [3.05, 3.63) is 70.5 Å². The van der Waals surface area contributed by atoms with E-state index in [1.807, 2.05) is 6.92 Å². The van der Waals surface area contributed by atoms with Gasteiger partial charge in [-0.3, -0.25) is 4.79 Å². The molecule has 1 unspecified atom stereocenters. The molecule has 0 saturated carbocycles. The minimum atomic E-state index is -0.292. The van der Waals surface area contributed by atoms with E-state index < -0.39 is 0 Å². The molecule has 0 radical (unpaired) electrons. The maximum atomic E-state index is 12.8. The van der Waals surface area contributed by atoms with Gasteiger partial charge in [-0.25, -0.2) is 4.39 Å². The predicted octanol–water partition coefficient (Wildman–Crippen LogP) is 3.97. The minimum absolute atomic E-state index is 0.187. The number of hydrogen-bond donors (Lipinski definition) is 1. The van der Waals surface area contributed by atoms with Crippen LogP contribution < -0.4 is 5.32 Å². The van der Waals surface area contributed by atoms with Crippen LogP contribution in [0.3, 0.4) is 0 Å². The van der Waals surface area contributed by atoms with Gasteiger partial charge < -0.3 is 5.32 Å². The van der Waals surface area contributed by atoms with E-state index in [1.54, 1.807) is 36.4 Å². The molecule has 2 nitrogen and oxygen atoms in total. The zero-order valence-electron chi connectivity index (χ0n) is 10.4. The van der Waals surface area contributed by atoms with E-state index in [-0.39, 0.29) is 17.8 Å². The van der Waals surface area contributed by atoms with Crippen LogP contribution in [0.2, 0.25) is 5.02 Å². The standard InChI is InChI=1S/C15H13ClFNO/c1-10(11-4-8-14(17)9-5-11)18-15(19)12-2-6-13(16)7-3-12/h2-10H,1H3,(H,18,19). The molecule has 0 bridgehead atoms. The third-order valence-corrected chi connectivity index (χ3v) is 3.08. The lowest BCUT2D eigenvalue weighted by atomic mass is 10.1. The van der Waals surface area contributed by atoms with Crippen LogP contribution in [-0.2, 0) is 0 Å². The Hall–Kier alpha value is -1.87. The van der Waals surface area contributed by atoms with Gasteiger partial charge in [-0.15, -0.1) is 0 Å². The fourth-order valence-electron chi connectivity index (χ4n) is 1.72. The summed E-state index contributed by atoms with van der Waals surface area (Å²) in [4.78, 5) is 12.0. The van der Waals surface area contributed by atoms with Crippen molar-refractivity contribution in [3.63, 3.8) is 0 Å². The highest BCUT2D eigenvalue weighted by atomic mass is 35.5. The Morgan fingerprint density at radius 3 is 2.26 bits per heavy atom. The van der Waals surface area contributed by atoms with E-state index in [0.717, 1.165) is 5.56 Å². The Morgan fingerprint density at radius 2 is 1.68 bits per heavy atom. The molecule has 0 aliphatic rings. The zero-order chi connectivity index (χ0) is 13.8. The van der Waals surface area contributed by atoms with Gasteiger partial charge in [0.15, 0.2) is 0 Å². The fraction of sp³-hybridized carbons (Fsp3) is 0.133. The molecule has 98 valence electrons.